The number of likely N-dealkylation sites (N-methyl/N-ethyl adjacent to an activating group) is 1. The van der Waals surface area contributed by atoms with Gasteiger partial charge in [0.1, 0.15) is 0 Å². The standard InChI is InChI=1S/C11H19N5O/c1-16(2)4-3-15-10-5-7(11(14)17)8(12)6-9(10)13/h5-6,15H,3-4,12-13H2,1-2H3,(H2,14,17). The molecule has 17 heavy (non-hydrogen) atoms. The van der Waals surface area contributed by atoms with Gasteiger partial charge in [0, 0.05) is 18.8 Å². The fraction of sp³-hybridized carbons (Fsp3) is 0.364. The Kier molecular flexibility index (Phi) is 4.17. The predicted octanol–water partition coefficient (Wildman–Crippen LogP) is -0.0766. The molecule has 0 bridgehead atoms. The van der Waals surface area contributed by atoms with Gasteiger partial charge in [-0.25, -0.2) is 0 Å². The van der Waals surface area contributed by atoms with E-state index in [2.05, 4.69) is 5.32 Å². The number of nitrogens with two attached hydrogens (primary N) is 3. The van der Waals surface area contributed by atoms with Crippen LogP contribution in [0.25, 0.3) is 0 Å². The highest BCUT2D eigenvalue weighted by Gasteiger charge is 2.09. The summed E-state index contributed by atoms with van der Waals surface area (Å²) in [4.78, 5) is 13.2. The zero-order valence-electron chi connectivity index (χ0n) is 10.2. The van der Waals surface area contributed by atoms with Crippen molar-refractivity contribution in [3.8, 4) is 0 Å². The van der Waals surface area contributed by atoms with Crippen molar-refractivity contribution in [3.05, 3.63) is 17.7 Å². The van der Waals surface area contributed by atoms with Gasteiger partial charge in [-0.05, 0) is 26.2 Å². The van der Waals surface area contributed by atoms with E-state index >= 15 is 0 Å². The fourth-order valence-corrected chi connectivity index (χ4v) is 1.41. The van der Waals surface area contributed by atoms with E-state index < -0.39 is 5.91 Å². The summed E-state index contributed by atoms with van der Waals surface area (Å²) in [5, 5.41) is 3.14. The highest BCUT2D eigenvalue weighted by atomic mass is 16.1. The molecule has 1 amide bonds. The van der Waals surface area contributed by atoms with Crippen LogP contribution < -0.4 is 22.5 Å². The molecule has 0 heterocycles. The third-order valence-electron chi connectivity index (χ3n) is 2.36. The van der Waals surface area contributed by atoms with Crippen molar-refractivity contribution in [2.24, 2.45) is 5.73 Å². The lowest BCUT2D eigenvalue weighted by atomic mass is 10.1. The van der Waals surface area contributed by atoms with Crippen LogP contribution in [0.5, 0.6) is 0 Å². The Morgan fingerprint density at radius 1 is 1.29 bits per heavy atom. The Labute approximate surface area is 101 Å². The lowest BCUT2D eigenvalue weighted by Crippen LogP contribution is -2.21. The van der Waals surface area contributed by atoms with Crippen molar-refractivity contribution < 1.29 is 4.79 Å². The molecule has 7 N–H and O–H groups in total. The number of nitrogens with zero attached hydrogens (tertiary/aromatic N) is 1. The summed E-state index contributed by atoms with van der Waals surface area (Å²) >= 11 is 0. The highest BCUT2D eigenvalue weighted by Crippen LogP contribution is 2.25. The summed E-state index contributed by atoms with van der Waals surface area (Å²) in [5.41, 5.74) is 18.4. The Morgan fingerprint density at radius 3 is 2.47 bits per heavy atom. The molecule has 0 aliphatic carbocycles. The minimum absolute atomic E-state index is 0.284. The SMILES string of the molecule is CN(C)CCNc1cc(C(N)=O)c(N)cc1N. The molecule has 0 unspecified atom stereocenters. The molecule has 6 heteroatoms. The van der Waals surface area contributed by atoms with E-state index in [1.54, 1.807) is 6.07 Å². The molecule has 1 aromatic carbocycles. The number of hydrogen-bond acceptors (Lipinski definition) is 5. The highest BCUT2D eigenvalue weighted by molar-refractivity contribution is 6.00. The summed E-state index contributed by atoms with van der Waals surface area (Å²) < 4.78 is 0. The smallest absolute Gasteiger partial charge is 0.250 e. The van der Waals surface area contributed by atoms with Gasteiger partial charge in [0.25, 0.3) is 5.91 Å². The second-order valence-electron chi connectivity index (χ2n) is 4.12. The first-order valence-corrected chi connectivity index (χ1v) is 5.29. The summed E-state index contributed by atoms with van der Waals surface area (Å²) in [5.74, 6) is -0.557. The first-order chi connectivity index (χ1) is 7.91. The van der Waals surface area contributed by atoms with Gasteiger partial charge in [0.2, 0.25) is 0 Å². The number of anilines is 3. The molecular formula is C11H19N5O. The number of carbonyl (C=O) groups excluding carboxylic acids is 1. The molecule has 0 aliphatic heterocycles. The Balaban J connectivity index is 2.84. The van der Waals surface area contributed by atoms with Gasteiger partial charge in [0.05, 0.1) is 16.9 Å². The predicted molar refractivity (Wildman–Crippen MR) is 70.8 cm³/mol. The third kappa shape index (κ3) is 3.53. The fourth-order valence-electron chi connectivity index (χ4n) is 1.41. The summed E-state index contributed by atoms with van der Waals surface area (Å²) in [6, 6.07) is 3.13. The van der Waals surface area contributed by atoms with Crippen LogP contribution in [0.1, 0.15) is 10.4 Å². The summed E-state index contributed by atoms with van der Waals surface area (Å²) in [6.07, 6.45) is 0. The van der Waals surface area contributed by atoms with Crippen LogP contribution in [-0.2, 0) is 0 Å². The van der Waals surface area contributed by atoms with Crippen LogP contribution >= 0.6 is 0 Å². The zero-order chi connectivity index (χ0) is 13.0. The van der Waals surface area contributed by atoms with Crippen molar-refractivity contribution in [3.63, 3.8) is 0 Å². The molecule has 94 valence electrons. The van der Waals surface area contributed by atoms with E-state index in [1.165, 1.54) is 6.07 Å². The van der Waals surface area contributed by atoms with Crippen LogP contribution in [0.4, 0.5) is 17.1 Å². The lowest BCUT2D eigenvalue weighted by molar-refractivity contribution is 0.100. The van der Waals surface area contributed by atoms with E-state index in [4.69, 9.17) is 17.2 Å². The van der Waals surface area contributed by atoms with Gasteiger partial charge in [-0.15, -0.1) is 0 Å². The van der Waals surface area contributed by atoms with Gasteiger partial charge in [-0.1, -0.05) is 0 Å². The van der Waals surface area contributed by atoms with Gasteiger partial charge in [-0.3, -0.25) is 4.79 Å². The molecule has 0 spiro atoms. The van der Waals surface area contributed by atoms with Crippen LogP contribution in [0.2, 0.25) is 0 Å². The molecule has 0 aromatic heterocycles. The van der Waals surface area contributed by atoms with E-state index in [1.807, 2.05) is 19.0 Å². The quantitative estimate of drug-likeness (QED) is 0.535. The molecule has 6 nitrogen and oxygen atoms in total. The van der Waals surface area contributed by atoms with Crippen molar-refractivity contribution in [1.82, 2.24) is 4.90 Å². The number of primary amides is 1. The minimum Gasteiger partial charge on any atom is -0.398 e. The number of rotatable bonds is 5. The molecule has 0 radical (unpaired) electrons. The van der Waals surface area contributed by atoms with Gasteiger partial charge in [0.15, 0.2) is 0 Å². The molecule has 0 fully saturated rings. The lowest BCUT2D eigenvalue weighted by Gasteiger charge is -2.14. The maximum atomic E-state index is 11.1. The number of carbonyl (C=O) groups is 1. The second-order valence-corrected chi connectivity index (χ2v) is 4.12. The van der Waals surface area contributed by atoms with Crippen LogP contribution in [-0.4, -0.2) is 38.0 Å². The zero-order valence-corrected chi connectivity index (χ0v) is 10.2. The molecule has 1 aromatic rings. The number of nitrogens with one attached hydrogen (secondary N) is 1. The van der Waals surface area contributed by atoms with Crippen LogP contribution in [0.3, 0.4) is 0 Å². The van der Waals surface area contributed by atoms with Crippen molar-refractivity contribution in [1.29, 1.82) is 0 Å². The van der Waals surface area contributed by atoms with Crippen molar-refractivity contribution in [2.45, 2.75) is 0 Å². The van der Waals surface area contributed by atoms with Gasteiger partial charge >= 0.3 is 0 Å². The number of amides is 1. The van der Waals surface area contributed by atoms with Crippen molar-refractivity contribution in [2.75, 3.05) is 44.0 Å². The molecular weight excluding hydrogens is 218 g/mol. The molecule has 0 aliphatic rings. The number of nitrogen functional groups attached to an aromatic ring is 2. The monoisotopic (exact) mass is 237 g/mol. The maximum absolute atomic E-state index is 11.1. The Hall–Kier alpha value is -1.95. The molecule has 0 atom stereocenters. The summed E-state index contributed by atoms with van der Waals surface area (Å²) in [7, 11) is 3.95. The van der Waals surface area contributed by atoms with Crippen molar-refractivity contribution >= 4 is 23.0 Å². The average molecular weight is 237 g/mol. The van der Waals surface area contributed by atoms with E-state index in [0.29, 0.717) is 17.1 Å². The van der Waals surface area contributed by atoms with Gasteiger partial charge in [-0.2, -0.15) is 0 Å². The van der Waals surface area contributed by atoms with Crippen LogP contribution in [0.15, 0.2) is 12.1 Å². The topological polar surface area (TPSA) is 110 Å². The van der Waals surface area contributed by atoms with Gasteiger partial charge < -0.3 is 27.4 Å². The minimum atomic E-state index is -0.557. The number of benzene rings is 1. The molecule has 1 rings (SSSR count). The maximum Gasteiger partial charge on any atom is 0.250 e. The first kappa shape index (κ1) is 13.1. The Morgan fingerprint density at radius 2 is 1.94 bits per heavy atom. The largest absolute Gasteiger partial charge is 0.398 e. The molecule has 0 saturated heterocycles. The van der Waals surface area contributed by atoms with E-state index in [0.717, 1.165) is 13.1 Å². The first-order valence-electron chi connectivity index (χ1n) is 5.29. The third-order valence-corrected chi connectivity index (χ3v) is 2.36. The average Bonchev–Trinajstić information content (AvgIpc) is 2.20. The van der Waals surface area contributed by atoms with E-state index in [9.17, 15) is 4.79 Å². The number of hydrogen-bond donors (Lipinski definition) is 4. The van der Waals surface area contributed by atoms with Crippen LogP contribution in [0, 0.1) is 0 Å². The van der Waals surface area contributed by atoms with E-state index in [-0.39, 0.29) is 5.56 Å². The Bertz CT molecular complexity index is 417. The normalized spacial score (nSPS) is 10.5. The summed E-state index contributed by atoms with van der Waals surface area (Å²) in [6.45, 7) is 1.58. The second kappa shape index (κ2) is 5.40. The molecule has 0 saturated carbocycles.